The molecule has 0 unspecified atom stereocenters. The highest BCUT2D eigenvalue weighted by Crippen LogP contribution is 2.42. The smallest absolute Gasteiger partial charge is 0.101 e. The van der Waals surface area contributed by atoms with Crippen molar-refractivity contribution in [3.63, 3.8) is 0 Å². The van der Waals surface area contributed by atoms with E-state index in [9.17, 15) is 15.8 Å². The summed E-state index contributed by atoms with van der Waals surface area (Å²) in [4.78, 5) is 0. The van der Waals surface area contributed by atoms with Gasteiger partial charge in [0.15, 0.2) is 0 Å². The molecule has 2 heterocycles. The molecule has 2 aromatic heterocycles. The van der Waals surface area contributed by atoms with Gasteiger partial charge in [-0.1, -0.05) is 91.0 Å². The molecule has 0 bridgehead atoms. The first kappa shape index (κ1) is 28.8. The van der Waals surface area contributed by atoms with Crippen LogP contribution < -0.4 is 0 Å². The van der Waals surface area contributed by atoms with Crippen LogP contribution in [0.2, 0.25) is 0 Å². The standard InChI is InChI=1S/C45H25N5/c46-26-29-20-21-44-40(24-29)38-15-5-8-19-43(38)50(44)45-31(28-48)10-9-16-39(45)35-12-2-1-11-34(35)32-22-30(27-47)23-33(25-32)49-41-17-6-3-13-36(41)37-14-4-7-18-42(37)49/h1-25H. The van der Waals surface area contributed by atoms with Gasteiger partial charge in [0.2, 0.25) is 0 Å². The first-order chi connectivity index (χ1) is 24.7. The molecule has 0 aliphatic rings. The minimum atomic E-state index is 0.529. The maximum atomic E-state index is 10.5. The Bertz CT molecular complexity index is 2920. The molecule has 7 aromatic carbocycles. The summed E-state index contributed by atoms with van der Waals surface area (Å²) in [6.07, 6.45) is 0. The van der Waals surface area contributed by atoms with E-state index in [1.165, 1.54) is 0 Å². The molecular formula is C45H25N5. The number of hydrogen-bond acceptors (Lipinski definition) is 3. The highest BCUT2D eigenvalue weighted by Gasteiger charge is 2.21. The third kappa shape index (κ3) is 4.31. The number of aromatic nitrogens is 2. The van der Waals surface area contributed by atoms with Gasteiger partial charge < -0.3 is 9.13 Å². The Hall–Kier alpha value is -7.39. The molecule has 0 aliphatic heterocycles. The van der Waals surface area contributed by atoms with E-state index in [0.29, 0.717) is 16.7 Å². The first-order valence-electron chi connectivity index (χ1n) is 16.3. The van der Waals surface area contributed by atoms with Crippen LogP contribution in [0, 0.1) is 34.0 Å². The van der Waals surface area contributed by atoms with Crippen LogP contribution in [0.4, 0.5) is 0 Å². The third-order valence-electron chi connectivity index (χ3n) is 9.60. The Balaban J connectivity index is 1.32. The van der Waals surface area contributed by atoms with Gasteiger partial charge in [-0.05, 0) is 77.4 Å². The molecule has 5 heteroatoms. The molecule has 0 saturated carbocycles. The van der Waals surface area contributed by atoms with Crippen molar-refractivity contribution in [3.8, 4) is 51.8 Å². The fourth-order valence-corrected chi connectivity index (χ4v) is 7.51. The number of nitriles is 3. The summed E-state index contributed by atoms with van der Waals surface area (Å²) in [5, 5.41) is 34.8. The van der Waals surface area contributed by atoms with Gasteiger partial charge >= 0.3 is 0 Å². The number of nitrogens with zero attached hydrogens (tertiary/aromatic N) is 5. The van der Waals surface area contributed by atoms with E-state index in [-0.39, 0.29) is 0 Å². The summed E-state index contributed by atoms with van der Waals surface area (Å²) in [6.45, 7) is 0. The van der Waals surface area contributed by atoms with Crippen molar-refractivity contribution in [3.05, 3.63) is 168 Å². The van der Waals surface area contributed by atoms with E-state index < -0.39 is 0 Å². The molecule has 0 aliphatic carbocycles. The number of benzene rings is 7. The molecule has 0 atom stereocenters. The topological polar surface area (TPSA) is 81.2 Å². The predicted octanol–water partition coefficient (Wildman–Crippen LogP) is 10.8. The zero-order valence-corrected chi connectivity index (χ0v) is 26.7. The highest BCUT2D eigenvalue weighted by molar-refractivity contribution is 6.11. The molecule has 0 amide bonds. The Morgan fingerprint density at radius 1 is 0.380 bits per heavy atom. The van der Waals surface area contributed by atoms with E-state index in [1.807, 2.05) is 78.9 Å². The van der Waals surface area contributed by atoms with Crippen LogP contribution in [-0.2, 0) is 0 Å². The average molecular weight is 636 g/mol. The lowest BCUT2D eigenvalue weighted by molar-refractivity contribution is 1.17. The van der Waals surface area contributed by atoms with Gasteiger partial charge in [-0.15, -0.1) is 0 Å². The zero-order chi connectivity index (χ0) is 33.8. The predicted molar refractivity (Wildman–Crippen MR) is 200 cm³/mol. The van der Waals surface area contributed by atoms with Crippen molar-refractivity contribution in [2.75, 3.05) is 0 Å². The van der Waals surface area contributed by atoms with Crippen molar-refractivity contribution >= 4 is 43.6 Å². The highest BCUT2D eigenvalue weighted by atomic mass is 15.0. The minimum Gasteiger partial charge on any atom is -0.309 e. The Kier molecular flexibility index (Phi) is 6.56. The number of rotatable bonds is 4. The molecule has 230 valence electrons. The lowest BCUT2D eigenvalue weighted by atomic mass is 9.91. The SMILES string of the molecule is N#Cc1cc(-c2ccccc2-c2cccc(C#N)c2-n2c3ccccc3c3cc(C#N)ccc32)cc(-n2c3ccccc3c3ccccc32)c1. The van der Waals surface area contributed by atoms with Crippen molar-refractivity contribution < 1.29 is 0 Å². The molecule has 0 spiro atoms. The maximum Gasteiger partial charge on any atom is 0.101 e. The van der Waals surface area contributed by atoms with Crippen LogP contribution in [0.25, 0.3) is 77.2 Å². The molecule has 0 N–H and O–H groups in total. The second-order valence-electron chi connectivity index (χ2n) is 12.3. The summed E-state index contributed by atoms with van der Waals surface area (Å²) >= 11 is 0. The van der Waals surface area contributed by atoms with Crippen molar-refractivity contribution in [2.24, 2.45) is 0 Å². The third-order valence-corrected chi connectivity index (χ3v) is 9.60. The van der Waals surface area contributed by atoms with E-state index in [2.05, 4.69) is 100 Å². The second kappa shape index (κ2) is 11.4. The normalized spacial score (nSPS) is 11.1. The number of fused-ring (bicyclic) bond motifs is 6. The average Bonchev–Trinajstić information content (AvgIpc) is 3.69. The molecule has 9 aromatic rings. The van der Waals surface area contributed by atoms with Crippen LogP contribution in [0.15, 0.2) is 152 Å². The monoisotopic (exact) mass is 635 g/mol. The lowest BCUT2D eigenvalue weighted by Crippen LogP contribution is -2.02. The summed E-state index contributed by atoms with van der Waals surface area (Å²) < 4.78 is 4.37. The zero-order valence-electron chi connectivity index (χ0n) is 26.7. The maximum absolute atomic E-state index is 10.5. The molecule has 0 radical (unpaired) electrons. The van der Waals surface area contributed by atoms with Crippen LogP contribution in [0.5, 0.6) is 0 Å². The summed E-state index contributed by atoms with van der Waals surface area (Å²) in [6, 6.07) is 57.7. The van der Waals surface area contributed by atoms with Crippen LogP contribution in [-0.4, -0.2) is 9.13 Å². The molecule has 9 rings (SSSR count). The van der Waals surface area contributed by atoms with Crippen molar-refractivity contribution in [1.82, 2.24) is 9.13 Å². The lowest BCUT2D eigenvalue weighted by Gasteiger charge is -2.19. The number of para-hydroxylation sites is 4. The second-order valence-corrected chi connectivity index (χ2v) is 12.3. The van der Waals surface area contributed by atoms with Crippen LogP contribution in [0.1, 0.15) is 16.7 Å². The van der Waals surface area contributed by atoms with Crippen molar-refractivity contribution in [1.29, 1.82) is 15.8 Å². The van der Waals surface area contributed by atoms with Crippen LogP contribution in [0.3, 0.4) is 0 Å². The molecule has 5 nitrogen and oxygen atoms in total. The summed E-state index contributed by atoms with van der Waals surface area (Å²) in [5.74, 6) is 0. The Labute approximate surface area is 287 Å². The van der Waals surface area contributed by atoms with E-state index in [1.54, 1.807) is 0 Å². The summed E-state index contributed by atoms with van der Waals surface area (Å²) in [7, 11) is 0. The van der Waals surface area contributed by atoms with Gasteiger partial charge in [-0.2, -0.15) is 15.8 Å². The number of hydrogen-bond donors (Lipinski definition) is 0. The quantitative estimate of drug-likeness (QED) is 0.193. The van der Waals surface area contributed by atoms with Gasteiger partial charge in [0.1, 0.15) is 6.07 Å². The van der Waals surface area contributed by atoms with Crippen LogP contribution >= 0.6 is 0 Å². The first-order valence-corrected chi connectivity index (χ1v) is 16.3. The Morgan fingerprint density at radius 2 is 0.940 bits per heavy atom. The molecule has 0 fully saturated rings. The largest absolute Gasteiger partial charge is 0.309 e. The minimum absolute atomic E-state index is 0.529. The van der Waals surface area contributed by atoms with Gasteiger partial charge in [0.05, 0.1) is 56.6 Å². The van der Waals surface area contributed by atoms with E-state index >= 15 is 0 Å². The van der Waals surface area contributed by atoms with Gasteiger partial charge in [-0.25, -0.2) is 0 Å². The molecule has 50 heavy (non-hydrogen) atoms. The van der Waals surface area contributed by atoms with Gasteiger partial charge in [0.25, 0.3) is 0 Å². The van der Waals surface area contributed by atoms with Gasteiger partial charge in [-0.3, -0.25) is 0 Å². The fraction of sp³-hybridized carbons (Fsp3) is 0. The summed E-state index contributed by atoms with van der Waals surface area (Å²) in [5.41, 5.74) is 11.0. The van der Waals surface area contributed by atoms with E-state index in [4.69, 9.17) is 0 Å². The Morgan fingerprint density at radius 3 is 1.60 bits per heavy atom. The molecule has 0 saturated heterocycles. The van der Waals surface area contributed by atoms with E-state index in [0.717, 1.165) is 77.2 Å². The van der Waals surface area contributed by atoms with Gasteiger partial charge in [0, 0.05) is 32.8 Å². The van der Waals surface area contributed by atoms with Crippen molar-refractivity contribution in [2.45, 2.75) is 0 Å². The molecular weight excluding hydrogens is 611 g/mol. The fourth-order valence-electron chi connectivity index (χ4n) is 7.51.